The lowest BCUT2D eigenvalue weighted by molar-refractivity contribution is 0.108. The first-order valence-corrected chi connectivity index (χ1v) is 6.84. The highest BCUT2D eigenvalue weighted by atomic mass is 35.5. The molecule has 5 heteroatoms. The standard InChI is InChI=1S/C13H20ClN3O/c14-11-5-6-13(15)16-12(11)9-17(7-2-8-18)10-3-1-4-10/h5-6,10,18H,1-4,7-9H2,(H2,15,16). The van der Waals surface area contributed by atoms with Crippen molar-refractivity contribution < 1.29 is 5.11 Å². The Morgan fingerprint density at radius 1 is 1.44 bits per heavy atom. The Morgan fingerprint density at radius 3 is 2.83 bits per heavy atom. The Labute approximate surface area is 113 Å². The molecule has 1 aliphatic rings. The van der Waals surface area contributed by atoms with Gasteiger partial charge in [0.1, 0.15) is 5.82 Å². The van der Waals surface area contributed by atoms with Gasteiger partial charge in [-0.25, -0.2) is 4.98 Å². The van der Waals surface area contributed by atoms with Gasteiger partial charge in [-0.3, -0.25) is 4.90 Å². The van der Waals surface area contributed by atoms with E-state index in [4.69, 9.17) is 22.4 Å². The van der Waals surface area contributed by atoms with Gasteiger partial charge in [0.05, 0.1) is 10.7 Å². The van der Waals surface area contributed by atoms with E-state index in [0.717, 1.165) is 18.7 Å². The minimum atomic E-state index is 0.224. The SMILES string of the molecule is Nc1ccc(Cl)c(CN(CCCO)C2CCC2)n1. The first-order chi connectivity index (χ1) is 8.70. The van der Waals surface area contributed by atoms with E-state index in [9.17, 15) is 0 Å². The van der Waals surface area contributed by atoms with Crippen molar-refractivity contribution in [1.82, 2.24) is 9.88 Å². The first-order valence-electron chi connectivity index (χ1n) is 6.46. The number of halogens is 1. The van der Waals surface area contributed by atoms with Crippen LogP contribution in [0, 0.1) is 0 Å². The fraction of sp³-hybridized carbons (Fsp3) is 0.615. The van der Waals surface area contributed by atoms with Crippen molar-refractivity contribution in [2.75, 3.05) is 18.9 Å². The summed E-state index contributed by atoms with van der Waals surface area (Å²) in [6.45, 7) is 1.82. The van der Waals surface area contributed by atoms with E-state index in [2.05, 4.69) is 9.88 Å². The molecule has 0 unspecified atom stereocenters. The molecule has 0 radical (unpaired) electrons. The van der Waals surface area contributed by atoms with Gasteiger partial charge in [0.2, 0.25) is 0 Å². The molecule has 1 aliphatic carbocycles. The highest BCUT2D eigenvalue weighted by Gasteiger charge is 2.25. The summed E-state index contributed by atoms with van der Waals surface area (Å²) in [7, 11) is 0. The molecule has 0 amide bonds. The number of nitrogen functional groups attached to an aromatic ring is 1. The molecule has 0 atom stereocenters. The van der Waals surface area contributed by atoms with Crippen LogP contribution in [0.4, 0.5) is 5.82 Å². The van der Waals surface area contributed by atoms with E-state index in [1.165, 1.54) is 19.3 Å². The average molecular weight is 270 g/mol. The van der Waals surface area contributed by atoms with Crippen molar-refractivity contribution in [2.24, 2.45) is 0 Å². The number of anilines is 1. The summed E-state index contributed by atoms with van der Waals surface area (Å²) in [5.41, 5.74) is 6.53. The minimum absolute atomic E-state index is 0.224. The lowest BCUT2D eigenvalue weighted by Crippen LogP contribution is -2.40. The predicted molar refractivity (Wildman–Crippen MR) is 73.4 cm³/mol. The van der Waals surface area contributed by atoms with E-state index in [-0.39, 0.29) is 6.61 Å². The van der Waals surface area contributed by atoms with Crippen LogP contribution in [0.3, 0.4) is 0 Å². The third-order valence-electron chi connectivity index (χ3n) is 3.49. The molecule has 1 aromatic heterocycles. The van der Waals surface area contributed by atoms with Crippen LogP contribution in [0.25, 0.3) is 0 Å². The second-order valence-electron chi connectivity index (χ2n) is 4.80. The molecule has 1 aromatic rings. The van der Waals surface area contributed by atoms with Crippen molar-refractivity contribution in [1.29, 1.82) is 0 Å². The maximum atomic E-state index is 8.96. The van der Waals surface area contributed by atoms with Gasteiger partial charge in [-0.1, -0.05) is 18.0 Å². The highest BCUT2D eigenvalue weighted by Crippen LogP contribution is 2.27. The van der Waals surface area contributed by atoms with Crippen molar-refractivity contribution in [3.05, 3.63) is 22.8 Å². The van der Waals surface area contributed by atoms with E-state index >= 15 is 0 Å². The van der Waals surface area contributed by atoms with Crippen molar-refractivity contribution in [3.63, 3.8) is 0 Å². The Bertz CT molecular complexity index is 396. The topological polar surface area (TPSA) is 62.4 Å². The summed E-state index contributed by atoms with van der Waals surface area (Å²) >= 11 is 6.15. The summed E-state index contributed by atoms with van der Waals surface area (Å²) in [6.07, 6.45) is 4.53. The number of aliphatic hydroxyl groups excluding tert-OH is 1. The number of pyridine rings is 1. The summed E-state index contributed by atoms with van der Waals surface area (Å²) < 4.78 is 0. The van der Waals surface area contributed by atoms with Gasteiger partial charge in [0.25, 0.3) is 0 Å². The summed E-state index contributed by atoms with van der Waals surface area (Å²) in [4.78, 5) is 6.66. The lowest BCUT2D eigenvalue weighted by atomic mass is 9.91. The maximum Gasteiger partial charge on any atom is 0.123 e. The molecule has 0 bridgehead atoms. The van der Waals surface area contributed by atoms with Gasteiger partial charge in [0.15, 0.2) is 0 Å². The Balaban J connectivity index is 2.04. The van der Waals surface area contributed by atoms with Crippen molar-refractivity contribution in [2.45, 2.75) is 38.3 Å². The van der Waals surface area contributed by atoms with Crippen LogP contribution in [0.15, 0.2) is 12.1 Å². The summed E-state index contributed by atoms with van der Waals surface area (Å²) in [5, 5.41) is 9.63. The zero-order valence-electron chi connectivity index (χ0n) is 10.5. The van der Waals surface area contributed by atoms with E-state index < -0.39 is 0 Å². The second kappa shape index (κ2) is 6.36. The van der Waals surface area contributed by atoms with Gasteiger partial charge in [-0.2, -0.15) is 0 Å². The molecule has 3 N–H and O–H groups in total. The third-order valence-corrected chi connectivity index (χ3v) is 3.83. The molecule has 0 aliphatic heterocycles. The van der Waals surface area contributed by atoms with Crippen LogP contribution < -0.4 is 5.73 Å². The van der Waals surface area contributed by atoms with Gasteiger partial charge < -0.3 is 10.8 Å². The normalized spacial score (nSPS) is 15.9. The number of rotatable bonds is 6. The molecule has 1 heterocycles. The quantitative estimate of drug-likeness (QED) is 0.830. The van der Waals surface area contributed by atoms with Crippen LogP contribution in [-0.4, -0.2) is 34.2 Å². The van der Waals surface area contributed by atoms with E-state index in [1.54, 1.807) is 12.1 Å². The largest absolute Gasteiger partial charge is 0.396 e. The van der Waals surface area contributed by atoms with Crippen molar-refractivity contribution >= 4 is 17.4 Å². The highest BCUT2D eigenvalue weighted by molar-refractivity contribution is 6.31. The summed E-state index contributed by atoms with van der Waals surface area (Å²) in [5.74, 6) is 0.505. The number of hydrogen-bond donors (Lipinski definition) is 2. The fourth-order valence-corrected chi connectivity index (χ4v) is 2.39. The molecule has 0 saturated heterocycles. The smallest absolute Gasteiger partial charge is 0.123 e. The molecular formula is C13H20ClN3O. The average Bonchev–Trinajstić information content (AvgIpc) is 2.28. The van der Waals surface area contributed by atoms with Gasteiger partial charge in [-0.05, 0) is 31.4 Å². The molecule has 2 rings (SSSR count). The fourth-order valence-electron chi connectivity index (χ4n) is 2.22. The zero-order chi connectivity index (χ0) is 13.0. The number of aliphatic hydroxyl groups is 1. The van der Waals surface area contributed by atoms with Crippen LogP contribution in [0.1, 0.15) is 31.4 Å². The minimum Gasteiger partial charge on any atom is -0.396 e. The molecule has 100 valence electrons. The van der Waals surface area contributed by atoms with E-state index in [1.807, 2.05) is 0 Å². The Hall–Kier alpha value is -0.840. The van der Waals surface area contributed by atoms with Crippen LogP contribution in [0.5, 0.6) is 0 Å². The molecule has 4 nitrogen and oxygen atoms in total. The molecule has 18 heavy (non-hydrogen) atoms. The molecule has 1 saturated carbocycles. The van der Waals surface area contributed by atoms with Crippen LogP contribution in [0.2, 0.25) is 5.02 Å². The lowest BCUT2D eigenvalue weighted by Gasteiger charge is -2.37. The van der Waals surface area contributed by atoms with Crippen molar-refractivity contribution in [3.8, 4) is 0 Å². The molecule has 1 fully saturated rings. The van der Waals surface area contributed by atoms with E-state index in [0.29, 0.717) is 23.4 Å². The monoisotopic (exact) mass is 269 g/mol. The number of nitrogens with zero attached hydrogens (tertiary/aromatic N) is 2. The third kappa shape index (κ3) is 3.34. The van der Waals surface area contributed by atoms with Gasteiger partial charge in [0, 0.05) is 25.7 Å². The Morgan fingerprint density at radius 2 is 2.22 bits per heavy atom. The molecule has 0 spiro atoms. The van der Waals surface area contributed by atoms with Crippen LogP contribution in [-0.2, 0) is 6.54 Å². The second-order valence-corrected chi connectivity index (χ2v) is 5.20. The maximum absolute atomic E-state index is 8.96. The molecule has 0 aromatic carbocycles. The number of nitrogens with two attached hydrogens (primary N) is 1. The number of hydrogen-bond acceptors (Lipinski definition) is 4. The predicted octanol–water partition coefficient (Wildman–Crippen LogP) is 2.05. The Kier molecular flexibility index (Phi) is 4.80. The first kappa shape index (κ1) is 13.6. The summed E-state index contributed by atoms with van der Waals surface area (Å²) in [6, 6.07) is 4.12. The number of aromatic nitrogens is 1. The van der Waals surface area contributed by atoms with Crippen LogP contribution >= 0.6 is 11.6 Å². The zero-order valence-corrected chi connectivity index (χ0v) is 11.2. The van der Waals surface area contributed by atoms with Gasteiger partial charge >= 0.3 is 0 Å². The van der Waals surface area contributed by atoms with Gasteiger partial charge in [-0.15, -0.1) is 0 Å². The molecular weight excluding hydrogens is 250 g/mol.